The van der Waals surface area contributed by atoms with E-state index in [9.17, 15) is 0 Å². The van der Waals surface area contributed by atoms with E-state index >= 15 is 0 Å². The highest BCUT2D eigenvalue weighted by Crippen LogP contribution is 2.20. The number of hydrogen-bond acceptors (Lipinski definition) is 3. The van der Waals surface area contributed by atoms with Crippen LogP contribution in [0.1, 0.15) is 0 Å². The second kappa shape index (κ2) is 6.24. The molecule has 0 bridgehead atoms. The number of benzene rings is 1. The van der Waals surface area contributed by atoms with Gasteiger partial charge in [0.25, 0.3) is 0 Å². The number of rotatable bonds is 4. The minimum Gasteiger partial charge on any atom is -0.383 e. The van der Waals surface area contributed by atoms with Crippen LogP contribution in [0.4, 0.5) is 5.69 Å². The summed E-state index contributed by atoms with van der Waals surface area (Å²) in [5.74, 6) is 0. The molecule has 0 aliphatic carbocycles. The van der Waals surface area contributed by atoms with Gasteiger partial charge in [0.05, 0.1) is 6.61 Å². The zero-order valence-corrected chi connectivity index (χ0v) is 11.0. The predicted octanol–water partition coefficient (Wildman–Crippen LogP) is 2.11. The summed E-state index contributed by atoms with van der Waals surface area (Å²) < 4.78 is 5.10. The molecule has 1 aliphatic heterocycles. The molecule has 1 heterocycles. The van der Waals surface area contributed by atoms with Crippen LogP contribution >= 0.6 is 11.6 Å². The minimum atomic E-state index is 0.810. The van der Waals surface area contributed by atoms with Crippen LogP contribution in [0.5, 0.6) is 0 Å². The maximum Gasteiger partial charge on any atom is 0.0589 e. The lowest BCUT2D eigenvalue weighted by Gasteiger charge is -2.36. The summed E-state index contributed by atoms with van der Waals surface area (Å²) in [4.78, 5) is 4.82. The van der Waals surface area contributed by atoms with Crippen LogP contribution in [0, 0.1) is 0 Å². The van der Waals surface area contributed by atoms with Crippen molar-refractivity contribution in [1.82, 2.24) is 4.90 Å². The van der Waals surface area contributed by atoms with Crippen molar-refractivity contribution in [2.24, 2.45) is 0 Å². The van der Waals surface area contributed by atoms with Crippen molar-refractivity contribution in [1.29, 1.82) is 0 Å². The van der Waals surface area contributed by atoms with Crippen molar-refractivity contribution in [3.63, 3.8) is 0 Å². The number of anilines is 1. The van der Waals surface area contributed by atoms with Gasteiger partial charge < -0.3 is 9.64 Å². The van der Waals surface area contributed by atoms with E-state index in [0.29, 0.717) is 0 Å². The molecule has 2 rings (SSSR count). The molecule has 0 spiro atoms. The molecule has 4 heteroatoms. The molecule has 0 amide bonds. The van der Waals surface area contributed by atoms with E-state index in [2.05, 4.69) is 15.9 Å². The second-order valence-electron chi connectivity index (χ2n) is 4.30. The summed E-state index contributed by atoms with van der Waals surface area (Å²) in [6, 6.07) is 8.08. The van der Waals surface area contributed by atoms with E-state index in [4.69, 9.17) is 16.3 Å². The third-order valence-corrected chi connectivity index (χ3v) is 3.39. The molecule has 94 valence electrons. The van der Waals surface area contributed by atoms with Crippen molar-refractivity contribution in [3.05, 3.63) is 29.3 Å². The number of methoxy groups -OCH3 is 1. The average Bonchev–Trinajstić information content (AvgIpc) is 2.37. The Morgan fingerprint density at radius 2 is 2.00 bits per heavy atom. The number of halogens is 1. The van der Waals surface area contributed by atoms with Gasteiger partial charge in [-0.3, -0.25) is 4.90 Å². The molecule has 1 aromatic carbocycles. The zero-order valence-electron chi connectivity index (χ0n) is 10.2. The van der Waals surface area contributed by atoms with Gasteiger partial charge in [-0.25, -0.2) is 0 Å². The Bertz CT molecular complexity index is 351. The summed E-state index contributed by atoms with van der Waals surface area (Å²) in [5.41, 5.74) is 1.23. The molecule has 1 aliphatic rings. The van der Waals surface area contributed by atoms with Crippen molar-refractivity contribution in [3.8, 4) is 0 Å². The van der Waals surface area contributed by atoms with Gasteiger partial charge >= 0.3 is 0 Å². The van der Waals surface area contributed by atoms with E-state index in [-0.39, 0.29) is 0 Å². The number of piperazine rings is 1. The van der Waals surface area contributed by atoms with E-state index < -0.39 is 0 Å². The van der Waals surface area contributed by atoms with Gasteiger partial charge in [0.2, 0.25) is 0 Å². The van der Waals surface area contributed by atoms with Crippen molar-refractivity contribution >= 4 is 17.3 Å². The Labute approximate surface area is 108 Å². The highest BCUT2D eigenvalue weighted by Gasteiger charge is 2.16. The molecular weight excluding hydrogens is 236 g/mol. The number of ether oxygens (including phenoxy) is 1. The van der Waals surface area contributed by atoms with Gasteiger partial charge in [-0.1, -0.05) is 17.7 Å². The molecule has 3 nitrogen and oxygen atoms in total. The van der Waals surface area contributed by atoms with Gasteiger partial charge in [0, 0.05) is 50.5 Å². The fraction of sp³-hybridized carbons (Fsp3) is 0.538. The summed E-state index contributed by atoms with van der Waals surface area (Å²) in [5, 5.41) is 0.810. The molecule has 0 unspecified atom stereocenters. The Balaban J connectivity index is 1.86. The molecule has 1 saturated heterocycles. The number of hydrogen-bond donors (Lipinski definition) is 0. The summed E-state index contributed by atoms with van der Waals surface area (Å²) >= 11 is 6.01. The molecular formula is C13H19ClN2O. The lowest BCUT2D eigenvalue weighted by Crippen LogP contribution is -2.47. The highest BCUT2D eigenvalue weighted by atomic mass is 35.5. The monoisotopic (exact) mass is 254 g/mol. The normalized spacial score (nSPS) is 17.4. The zero-order chi connectivity index (χ0) is 12.1. The first-order chi connectivity index (χ1) is 8.29. The summed E-state index contributed by atoms with van der Waals surface area (Å²) in [6.07, 6.45) is 0. The molecule has 1 fully saturated rings. The third kappa shape index (κ3) is 3.60. The molecule has 0 saturated carbocycles. The molecule has 0 atom stereocenters. The van der Waals surface area contributed by atoms with Gasteiger partial charge in [-0.2, -0.15) is 0 Å². The molecule has 0 aromatic heterocycles. The first-order valence-corrected chi connectivity index (χ1v) is 6.39. The van der Waals surface area contributed by atoms with E-state index in [1.54, 1.807) is 7.11 Å². The average molecular weight is 255 g/mol. The number of nitrogens with zero attached hydrogens (tertiary/aromatic N) is 2. The Hall–Kier alpha value is -0.770. The first-order valence-electron chi connectivity index (χ1n) is 6.01. The van der Waals surface area contributed by atoms with Crippen LogP contribution < -0.4 is 4.90 Å². The van der Waals surface area contributed by atoms with Crippen LogP contribution in [0.25, 0.3) is 0 Å². The maximum absolute atomic E-state index is 6.01. The first kappa shape index (κ1) is 12.7. The molecule has 0 N–H and O–H groups in total. The molecule has 0 radical (unpaired) electrons. The van der Waals surface area contributed by atoms with E-state index in [0.717, 1.165) is 44.4 Å². The quantitative estimate of drug-likeness (QED) is 0.819. The molecule has 1 aromatic rings. The van der Waals surface area contributed by atoms with Gasteiger partial charge in [0.1, 0.15) is 0 Å². The lowest BCUT2D eigenvalue weighted by atomic mass is 10.2. The van der Waals surface area contributed by atoms with Gasteiger partial charge in [0.15, 0.2) is 0 Å². The van der Waals surface area contributed by atoms with E-state index in [1.807, 2.05) is 18.2 Å². The van der Waals surface area contributed by atoms with Crippen LogP contribution in [0.2, 0.25) is 5.02 Å². The van der Waals surface area contributed by atoms with Crippen LogP contribution in [-0.4, -0.2) is 51.3 Å². The molecule has 17 heavy (non-hydrogen) atoms. The second-order valence-corrected chi connectivity index (χ2v) is 4.74. The fourth-order valence-electron chi connectivity index (χ4n) is 2.12. The lowest BCUT2D eigenvalue weighted by molar-refractivity contribution is 0.144. The van der Waals surface area contributed by atoms with Gasteiger partial charge in [-0.05, 0) is 18.2 Å². The van der Waals surface area contributed by atoms with Crippen LogP contribution in [-0.2, 0) is 4.74 Å². The highest BCUT2D eigenvalue weighted by molar-refractivity contribution is 6.30. The topological polar surface area (TPSA) is 15.7 Å². The maximum atomic E-state index is 6.01. The predicted molar refractivity (Wildman–Crippen MR) is 72.0 cm³/mol. The van der Waals surface area contributed by atoms with E-state index in [1.165, 1.54) is 5.69 Å². The fourth-order valence-corrected chi connectivity index (χ4v) is 2.31. The largest absolute Gasteiger partial charge is 0.383 e. The van der Waals surface area contributed by atoms with Crippen molar-refractivity contribution in [2.45, 2.75) is 0 Å². The Morgan fingerprint density at radius 1 is 1.24 bits per heavy atom. The smallest absolute Gasteiger partial charge is 0.0589 e. The van der Waals surface area contributed by atoms with Crippen molar-refractivity contribution < 1.29 is 4.74 Å². The minimum absolute atomic E-state index is 0.810. The summed E-state index contributed by atoms with van der Waals surface area (Å²) in [6.45, 7) is 6.15. The van der Waals surface area contributed by atoms with Crippen LogP contribution in [0.15, 0.2) is 24.3 Å². The van der Waals surface area contributed by atoms with Gasteiger partial charge in [-0.15, -0.1) is 0 Å². The Morgan fingerprint density at radius 3 is 2.65 bits per heavy atom. The van der Waals surface area contributed by atoms with Crippen LogP contribution in [0.3, 0.4) is 0 Å². The standard InChI is InChI=1S/C13H19ClN2O/c1-17-10-9-15-5-7-16(8-6-15)13-4-2-3-12(14)11-13/h2-4,11H,5-10H2,1H3. The SMILES string of the molecule is COCCN1CCN(c2cccc(Cl)c2)CC1. The summed E-state index contributed by atoms with van der Waals surface area (Å²) in [7, 11) is 1.75. The Kier molecular flexibility index (Phi) is 4.66. The third-order valence-electron chi connectivity index (χ3n) is 3.16. The van der Waals surface area contributed by atoms with Crippen molar-refractivity contribution in [2.75, 3.05) is 51.3 Å².